The number of anilines is 1. The summed E-state index contributed by atoms with van der Waals surface area (Å²) in [6.07, 6.45) is 6.57. The molecule has 0 radical (unpaired) electrons. The lowest BCUT2D eigenvalue weighted by molar-refractivity contribution is -0.384. The number of nitro groups is 1. The zero-order chi connectivity index (χ0) is 23.2. The number of nitrogens with one attached hydrogen (secondary N) is 2. The molecule has 1 saturated carbocycles. The normalized spacial score (nSPS) is 23.2. The van der Waals surface area contributed by atoms with Gasteiger partial charge >= 0.3 is 0 Å². The molecule has 2 aromatic carbocycles. The number of hydrogen-bond acceptors (Lipinski definition) is 5. The fourth-order valence-electron chi connectivity index (χ4n) is 4.98. The summed E-state index contributed by atoms with van der Waals surface area (Å²) in [7, 11) is 0. The number of rotatable bonds is 7. The number of hydrogen-bond donors (Lipinski definition) is 2. The maximum atomic E-state index is 13.1. The third-order valence-corrected chi connectivity index (χ3v) is 6.69. The number of piperidine rings is 1. The second-order valence-electron chi connectivity index (χ2n) is 9.09. The summed E-state index contributed by atoms with van der Waals surface area (Å²) in [4.78, 5) is 25.4. The van der Waals surface area contributed by atoms with Crippen molar-refractivity contribution in [3.63, 3.8) is 0 Å². The molecule has 0 spiro atoms. The first-order valence-electron chi connectivity index (χ1n) is 11.8. The number of nitro benzene ring substituents is 1. The molecular weight excluding hydrogens is 423 g/mol. The smallest absolute Gasteiger partial charge is 0.269 e. The van der Waals surface area contributed by atoms with Crippen LogP contribution in [-0.2, 0) is 11.2 Å². The van der Waals surface area contributed by atoms with Gasteiger partial charge in [-0.15, -0.1) is 0 Å². The topological polar surface area (TPSA) is 87.5 Å². The molecule has 176 valence electrons. The van der Waals surface area contributed by atoms with E-state index in [-0.39, 0.29) is 40.8 Å². The number of amides is 1. The Morgan fingerprint density at radius 3 is 2.39 bits per heavy atom. The van der Waals surface area contributed by atoms with E-state index in [9.17, 15) is 19.3 Å². The Kier molecular flexibility index (Phi) is 7.54. The number of halogens is 1. The van der Waals surface area contributed by atoms with Gasteiger partial charge in [0.05, 0.1) is 11.3 Å². The third-order valence-electron chi connectivity index (χ3n) is 6.69. The van der Waals surface area contributed by atoms with E-state index in [1.165, 1.54) is 12.1 Å². The van der Waals surface area contributed by atoms with Crippen LogP contribution >= 0.6 is 0 Å². The monoisotopic (exact) mass is 454 g/mol. The van der Waals surface area contributed by atoms with Gasteiger partial charge in [-0.3, -0.25) is 14.9 Å². The van der Waals surface area contributed by atoms with E-state index in [1.54, 1.807) is 24.3 Å². The maximum absolute atomic E-state index is 13.1. The van der Waals surface area contributed by atoms with Crippen LogP contribution in [0.1, 0.15) is 44.1 Å². The van der Waals surface area contributed by atoms with E-state index < -0.39 is 0 Å². The van der Waals surface area contributed by atoms with Crippen LogP contribution in [0.3, 0.4) is 0 Å². The Labute approximate surface area is 193 Å². The quantitative estimate of drug-likeness (QED) is 0.488. The van der Waals surface area contributed by atoms with Crippen molar-refractivity contribution in [3.05, 3.63) is 70.0 Å². The van der Waals surface area contributed by atoms with Crippen molar-refractivity contribution < 1.29 is 14.1 Å². The first-order valence-corrected chi connectivity index (χ1v) is 11.8. The summed E-state index contributed by atoms with van der Waals surface area (Å²) >= 11 is 0. The summed E-state index contributed by atoms with van der Waals surface area (Å²) in [6, 6.07) is 13.4. The molecule has 3 atom stereocenters. The van der Waals surface area contributed by atoms with Crippen LogP contribution in [0.5, 0.6) is 0 Å². The molecule has 2 fully saturated rings. The minimum absolute atomic E-state index is 0.0311. The predicted molar refractivity (Wildman–Crippen MR) is 126 cm³/mol. The fraction of sp³-hybridized carbons (Fsp3) is 0.480. The largest absolute Gasteiger partial charge is 0.370 e. The molecule has 1 aliphatic carbocycles. The molecule has 4 rings (SSSR count). The van der Waals surface area contributed by atoms with Crippen LogP contribution in [0.25, 0.3) is 0 Å². The number of carbonyl (C=O) groups is 1. The Balaban J connectivity index is 1.33. The minimum atomic E-state index is -0.377. The molecule has 2 aliphatic rings. The van der Waals surface area contributed by atoms with Gasteiger partial charge in [0.1, 0.15) is 5.82 Å². The van der Waals surface area contributed by atoms with Gasteiger partial charge in [0.15, 0.2) is 0 Å². The van der Waals surface area contributed by atoms with E-state index in [4.69, 9.17) is 0 Å². The fourth-order valence-corrected chi connectivity index (χ4v) is 4.98. The molecule has 1 amide bonds. The van der Waals surface area contributed by atoms with E-state index >= 15 is 0 Å². The first-order chi connectivity index (χ1) is 16.0. The van der Waals surface area contributed by atoms with Gasteiger partial charge in [0.2, 0.25) is 5.91 Å². The predicted octanol–water partition coefficient (Wildman–Crippen LogP) is 3.96. The second kappa shape index (κ2) is 10.7. The molecule has 1 heterocycles. The van der Waals surface area contributed by atoms with Gasteiger partial charge in [0.25, 0.3) is 5.69 Å². The lowest BCUT2D eigenvalue weighted by Crippen LogP contribution is -2.57. The number of non-ortho nitro benzene ring substituents is 1. The molecular formula is C25H31FN4O3. The highest BCUT2D eigenvalue weighted by molar-refractivity contribution is 5.78. The van der Waals surface area contributed by atoms with Crippen molar-refractivity contribution in [3.8, 4) is 0 Å². The molecule has 0 aromatic heterocycles. The Bertz CT molecular complexity index is 951. The molecule has 0 bridgehead atoms. The van der Waals surface area contributed by atoms with Crippen molar-refractivity contribution in [2.75, 3.05) is 18.0 Å². The van der Waals surface area contributed by atoms with Crippen LogP contribution in [-0.4, -0.2) is 42.0 Å². The highest BCUT2D eigenvalue weighted by Crippen LogP contribution is 2.25. The molecule has 2 aromatic rings. The van der Waals surface area contributed by atoms with Crippen molar-refractivity contribution in [1.82, 2.24) is 10.6 Å². The molecule has 7 nitrogen and oxygen atoms in total. The lowest BCUT2D eigenvalue weighted by atomic mass is 9.88. The molecule has 1 saturated heterocycles. The molecule has 1 aliphatic heterocycles. The molecule has 2 N–H and O–H groups in total. The molecule has 1 unspecified atom stereocenters. The molecule has 8 heteroatoms. The Morgan fingerprint density at radius 2 is 1.70 bits per heavy atom. The van der Waals surface area contributed by atoms with E-state index in [1.807, 2.05) is 12.1 Å². The Hall–Kier alpha value is -3.00. The number of benzene rings is 2. The van der Waals surface area contributed by atoms with Crippen LogP contribution in [0.4, 0.5) is 15.8 Å². The van der Waals surface area contributed by atoms with Gasteiger partial charge in [-0.25, -0.2) is 4.39 Å². The number of carbonyl (C=O) groups excluding carboxylic acids is 1. The average Bonchev–Trinajstić information content (AvgIpc) is 2.82. The van der Waals surface area contributed by atoms with E-state index in [2.05, 4.69) is 15.5 Å². The third kappa shape index (κ3) is 6.28. The summed E-state index contributed by atoms with van der Waals surface area (Å²) < 4.78 is 13.1. The summed E-state index contributed by atoms with van der Waals surface area (Å²) in [5, 5.41) is 17.9. The van der Waals surface area contributed by atoms with Crippen LogP contribution < -0.4 is 15.5 Å². The Morgan fingerprint density at radius 1 is 1.00 bits per heavy atom. The van der Waals surface area contributed by atoms with Crippen molar-refractivity contribution in [1.29, 1.82) is 0 Å². The standard InChI is InChI=1S/C25H31FN4O3/c26-19-9-7-18(8-10-19)16-25(31)28-24-6-2-1-5-23(24)27-20-4-3-15-29(17-20)21-11-13-22(14-12-21)30(32)33/h7-14,20,23-24,27H,1-6,15-17H2,(H,28,31)/t20?,23-,24-/m1/s1. The van der Waals surface area contributed by atoms with Gasteiger partial charge in [-0.1, -0.05) is 25.0 Å². The highest BCUT2D eigenvalue weighted by Gasteiger charge is 2.30. The lowest BCUT2D eigenvalue weighted by Gasteiger charge is -2.40. The molecule has 33 heavy (non-hydrogen) atoms. The van der Waals surface area contributed by atoms with E-state index in [0.29, 0.717) is 6.04 Å². The van der Waals surface area contributed by atoms with Crippen LogP contribution in [0, 0.1) is 15.9 Å². The minimum Gasteiger partial charge on any atom is -0.370 e. The summed E-state index contributed by atoms with van der Waals surface area (Å²) in [5.41, 5.74) is 1.91. The zero-order valence-electron chi connectivity index (χ0n) is 18.7. The summed E-state index contributed by atoms with van der Waals surface area (Å²) in [5.74, 6) is -0.331. The first kappa shape index (κ1) is 23.2. The van der Waals surface area contributed by atoms with Gasteiger partial charge in [-0.2, -0.15) is 0 Å². The maximum Gasteiger partial charge on any atom is 0.269 e. The highest BCUT2D eigenvalue weighted by atomic mass is 19.1. The van der Waals surface area contributed by atoms with Crippen LogP contribution in [0.15, 0.2) is 48.5 Å². The van der Waals surface area contributed by atoms with Gasteiger partial charge in [0, 0.05) is 49.0 Å². The van der Waals surface area contributed by atoms with Gasteiger partial charge in [-0.05, 0) is 55.5 Å². The van der Waals surface area contributed by atoms with Crippen molar-refractivity contribution >= 4 is 17.3 Å². The number of nitrogens with zero attached hydrogens (tertiary/aromatic N) is 2. The SMILES string of the molecule is O=C(Cc1ccc(F)cc1)N[C@@H]1CCCC[C@H]1NC1CCCN(c2ccc([N+](=O)[O-])cc2)C1. The summed E-state index contributed by atoms with van der Waals surface area (Å²) in [6.45, 7) is 1.77. The van der Waals surface area contributed by atoms with Crippen molar-refractivity contribution in [2.45, 2.75) is 63.1 Å². The van der Waals surface area contributed by atoms with Crippen LogP contribution in [0.2, 0.25) is 0 Å². The van der Waals surface area contributed by atoms with Crippen molar-refractivity contribution in [2.24, 2.45) is 0 Å². The zero-order valence-corrected chi connectivity index (χ0v) is 18.7. The van der Waals surface area contributed by atoms with Gasteiger partial charge < -0.3 is 15.5 Å². The van der Waals surface area contributed by atoms with E-state index in [0.717, 1.165) is 62.9 Å². The average molecular weight is 455 g/mol. The second-order valence-corrected chi connectivity index (χ2v) is 9.09.